The van der Waals surface area contributed by atoms with Crippen LogP contribution in [-0.2, 0) is 0 Å². The molecule has 5 rings (SSSR count). The van der Waals surface area contributed by atoms with E-state index in [-0.39, 0.29) is 11.8 Å². The van der Waals surface area contributed by atoms with Crippen molar-refractivity contribution >= 4 is 16.9 Å². The molecule has 1 aliphatic heterocycles. The Balaban J connectivity index is 1.35. The summed E-state index contributed by atoms with van der Waals surface area (Å²) >= 11 is 0. The predicted molar refractivity (Wildman–Crippen MR) is 108 cm³/mol. The normalized spacial score (nSPS) is 17.1. The first kappa shape index (κ1) is 16.7. The third kappa shape index (κ3) is 3.07. The monoisotopic (exact) mass is 371 g/mol. The summed E-state index contributed by atoms with van der Waals surface area (Å²) in [5, 5.41) is 4.36. The number of para-hydroxylation sites is 3. The van der Waals surface area contributed by atoms with Crippen LogP contribution in [0.5, 0.6) is 0 Å². The Hall–Kier alpha value is -3.41. The van der Waals surface area contributed by atoms with Gasteiger partial charge in [0, 0.05) is 25.2 Å². The van der Waals surface area contributed by atoms with Gasteiger partial charge in [0.05, 0.1) is 28.5 Å². The van der Waals surface area contributed by atoms with Crippen LogP contribution in [0.15, 0.2) is 67.0 Å². The molecule has 2 aromatic carbocycles. The van der Waals surface area contributed by atoms with E-state index in [0.717, 1.165) is 41.9 Å². The molecule has 6 heteroatoms. The summed E-state index contributed by atoms with van der Waals surface area (Å²) in [6.45, 7) is 1.45. The van der Waals surface area contributed by atoms with Crippen LogP contribution in [0.1, 0.15) is 34.9 Å². The molecule has 2 aromatic heterocycles. The van der Waals surface area contributed by atoms with Gasteiger partial charge in [0.15, 0.2) is 0 Å². The maximum absolute atomic E-state index is 13.0. The number of piperidine rings is 1. The van der Waals surface area contributed by atoms with Crippen LogP contribution >= 0.6 is 0 Å². The van der Waals surface area contributed by atoms with Crippen molar-refractivity contribution in [3.8, 4) is 5.69 Å². The number of aromatic nitrogens is 4. The number of likely N-dealkylation sites (tertiary alicyclic amines) is 1. The van der Waals surface area contributed by atoms with Gasteiger partial charge in [0.1, 0.15) is 5.82 Å². The lowest BCUT2D eigenvalue weighted by Gasteiger charge is -2.31. The molecule has 0 bridgehead atoms. The molecular weight excluding hydrogens is 350 g/mol. The van der Waals surface area contributed by atoms with Gasteiger partial charge in [0.25, 0.3) is 5.91 Å². The number of benzene rings is 2. The van der Waals surface area contributed by atoms with Crippen LogP contribution in [0.25, 0.3) is 16.7 Å². The molecule has 4 aromatic rings. The number of fused-ring (bicyclic) bond motifs is 1. The Morgan fingerprint density at radius 3 is 2.75 bits per heavy atom. The average molecular weight is 371 g/mol. The molecule has 1 aliphatic rings. The molecule has 28 heavy (non-hydrogen) atoms. The van der Waals surface area contributed by atoms with Gasteiger partial charge in [-0.1, -0.05) is 30.3 Å². The van der Waals surface area contributed by atoms with Crippen LogP contribution in [0.2, 0.25) is 0 Å². The number of rotatable bonds is 3. The van der Waals surface area contributed by atoms with Gasteiger partial charge in [-0.3, -0.25) is 4.79 Å². The highest BCUT2D eigenvalue weighted by atomic mass is 16.2. The first-order valence-corrected chi connectivity index (χ1v) is 9.62. The fourth-order valence-electron chi connectivity index (χ4n) is 3.89. The summed E-state index contributed by atoms with van der Waals surface area (Å²) in [6, 6.07) is 17.9. The number of amides is 1. The van der Waals surface area contributed by atoms with E-state index < -0.39 is 0 Å². The molecule has 0 spiro atoms. The van der Waals surface area contributed by atoms with E-state index >= 15 is 0 Å². The third-order valence-corrected chi connectivity index (χ3v) is 5.35. The summed E-state index contributed by atoms with van der Waals surface area (Å²) in [6.07, 6.45) is 5.47. The number of carbonyl (C=O) groups excluding carboxylic acids is 1. The van der Waals surface area contributed by atoms with Crippen molar-refractivity contribution in [1.82, 2.24) is 24.6 Å². The molecule has 1 N–H and O–H groups in total. The minimum Gasteiger partial charge on any atom is -0.342 e. The van der Waals surface area contributed by atoms with Crippen molar-refractivity contribution in [2.45, 2.75) is 18.8 Å². The largest absolute Gasteiger partial charge is 0.342 e. The number of hydrogen-bond donors (Lipinski definition) is 1. The van der Waals surface area contributed by atoms with E-state index in [9.17, 15) is 4.79 Å². The van der Waals surface area contributed by atoms with Gasteiger partial charge in [-0.2, -0.15) is 5.10 Å². The molecule has 1 fully saturated rings. The molecule has 1 amide bonds. The van der Waals surface area contributed by atoms with E-state index in [4.69, 9.17) is 4.98 Å². The molecule has 0 aliphatic carbocycles. The van der Waals surface area contributed by atoms with Crippen LogP contribution in [-0.4, -0.2) is 43.6 Å². The quantitative estimate of drug-likeness (QED) is 0.596. The fourth-order valence-corrected chi connectivity index (χ4v) is 3.89. The second kappa shape index (κ2) is 6.96. The average Bonchev–Trinajstić information content (AvgIpc) is 3.41. The second-order valence-electron chi connectivity index (χ2n) is 7.24. The van der Waals surface area contributed by atoms with Gasteiger partial charge >= 0.3 is 0 Å². The van der Waals surface area contributed by atoms with Crippen LogP contribution < -0.4 is 0 Å². The minimum atomic E-state index is 0.0305. The van der Waals surface area contributed by atoms with Crippen molar-refractivity contribution in [1.29, 1.82) is 0 Å². The predicted octanol–water partition coefficient (Wildman–Crippen LogP) is 3.77. The van der Waals surface area contributed by atoms with Gasteiger partial charge in [0.2, 0.25) is 0 Å². The summed E-state index contributed by atoms with van der Waals surface area (Å²) in [5.74, 6) is 1.23. The Labute approximate surface area is 162 Å². The summed E-state index contributed by atoms with van der Waals surface area (Å²) < 4.78 is 1.74. The van der Waals surface area contributed by atoms with Gasteiger partial charge in [-0.25, -0.2) is 9.67 Å². The molecule has 1 atom stereocenters. The van der Waals surface area contributed by atoms with Crippen molar-refractivity contribution in [3.05, 3.63) is 78.4 Å². The number of nitrogens with zero attached hydrogens (tertiary/aromatic N) is 4. The highest BCUT2D eigenvalue weighted by molar-refractivity contribution is 5.94. The first-order valence-electron chi connectivity index (χ1n) is 9.62. The van der Waals surface area contributed by atoms with E-state index in [1.54, 1.807) is 10.9 Å². The lowest BCUT2D eigenvalue weighted by atomic mass is 9.97. The zero-order valence-electron chi connectivity index (χ0n) is 15.5. The van der Waals surface area contributed by atoms with E-state index in [2.05, 4.69) is 10.1 Å². The molecular formula is C22H21N5O. The van der Waals surface area contributed by atoms with Gasteiger partial charge < -0.3 is 9.88 Å². The van der Waals surface area contributed by atoms with Crippen molar-refractivity contribution in [2.24, 2.45) is 0 Å². The Morgan fingerprint density at radius 1 is 1.07 bits per heavy atom. The maximum atomic E-state index is 13.0. The van der Waals surface area contributed by atoms with Crippen LogP contribution in [0.3, 0.4) is 0 Å². The SMILES string of the molecule is O=C(c1cnn(-c2ccccc2)c1)N1CCC[C@H](c2nc3ccccc3[nH]2)C1. The zero-order chi connectivity index (χ0) is 18.9. The lowest BCUT2D eigenvalue weighted by Crippen LogP contribution is -2.39. The standard InChI is InChI=1S/C22H21N5O/c28-22(17-13-23-27(15-17)18-8-2-1-3-9-18)26-12-6-7-16(14-26)21-24-19-10-4-5-11-20(19)25-21/h1-5,8-11,13,15-16H,6-7,12,14H2,(H,24,25)/t16-/m0/s1. The Bertz CT molecular complexity index is 1080. The summed E-state index contributed by atoms with van der Waals surface area (Å²) in [4.78, 5) is 23.1. The number of carbonyl (C=O) groups is 1. The topological polar surface area (TPSA) is 66.8 Å². The molecule has 3 heterocycles. The van der Waals surface area contributed by atoms with Crippen molar-refractivity contribution < 1.29 is 4.79 Å². The van der Waals surface area contributed by atoms with Gasteiger partial charge in [-0.05, 0) is 37.1 Å². The molecule has 0 radical (unpaired) electrons. The second-order valence-corrected chi connectivity index (χ2v) is 7.24. The number of hydrogen-bond acceptors (Lipinski definition) is 3. The first-order chi connectivity index (χ1) is 13.8. The van der Waals surface area contributed by atoms with E-state index in [0.29, 0.717) is 12.1 Å². The number of H-pyrrole nitrogens is 1. The zero-order valence-corrected chi connectivity index (χ0v) is 15.5. The number of nitrogens with one attached hydrogen (secondary N) is 1. The van der Waals surface area contributed by atoms with Gasteiger partial charge in [-0.15, -0.1) is 0 Å². The molecule has 6 nitrogen and oxygen atoms in total. The van der Waals surface area contributed by atoms with Crippen molar-refractivity contribution in [3.63, 3.8) is 0 Å². The Morgan fingerprint density at radius 2 is 1.89 bits per heavy atom. The summed E-state index contributed by atoms with van der Waals surface area (Å²) in [7, 11) is 0. The van der Waals surface area contributed by atoms with E-state index in [1.807, 2.05) is 65.7 Å². The van der Waals surface area contributed by atoms with Crippen molar-refractivity contribution in [2.75, 3.05) is 13.1 Å². The fraction of sp³-hybridized carbons (Fsp3) is 0.227. The molecule has 0 saturated carbocycles. The molecule has 140 valence electrons. The highest BCUT2D eigenvalue weighted by Crippen LogP contribution is 2.27. The smallest absolute Gasteiger partial charge is 0.257 e. The summed E-state index contributed by atoms with van der Waals surface area (Å²) in [5.41, 5.74) is 3.59. The maximum Gasteiger partial charge on any atom is 0.257 e. The number of imidazole rings is 1. The third-order valence-electron chi connectivity index (χ3n) is 5.35. The van der Waals surface area contributed by atoms with Crippen LogP contribution in [0, 0.1) is 0 Å². The molecule has 1 saturated heterocycles. The highest BCUT2D eigenvalue weighted by Gasteiger charge is 2.28. The lowest BCUT2D eigenvalue weighted by molar-refractivity contribution is 0.0705. The number of aromatic amines is 1. The van der Waals surface area contributed by atoms with Crippen LogP contribution in [0.4, 0.5) is 0 Å². The minimum absolute atomic E-state index is 0.0305. The Kier molecular flexibility index (Phi) is 4.16. The van der Waals surface area contributed by atoms with E-state index in [1.165, 1.54) is 0 Å². The molecule has 0 unspecified atom stereocenters.